The van der Waals surface area contributed by atoms with Crippen LogP contribution in [-0.2, 0) is 0 Å². The molecule has 3 nitrogen and oxygen atoms in total. The fourth-order valence-electron chi connectivity index (χ4n) is 1.42. The maximum Gasteiger partial charge on any atom is 0.124 e. The SMILES string of the molecule is CN1CC(c2cnc(Br)cn2)C1. The van der Waals surface area contributed by atoms with Crippen LogP contribution in [0.3, 0.4) is 0 Å². The zero-order chi connectivity index (χ0) is 8.55. The summed E-state index contributed by atoms with van der Waals surface area (Å²) in [4.78, 5) is 10.7. The molecule has 0 N–H and O–H groups in total. The molecule has 0 amide bonds. The lowest BCUT2D eigenvalue weighted by Gasteiger charge is -2.35. The van der Waals surface area contributed by atoms with Gasteiger partial charge in [-0.2, -0.15) is 0 Å². The number of likely N-dealkylation sites (N-methyl/N-ethyl adjacent to an activating group) is 1. The molecule has 0 radical (unpaired) electrons. The third-order valence-corrected chi connectivity index (χ3v) is 2.53. The number of rotatable bonds is 1. The first-order valence-electron chi connectivity index (χ1n) is 3.91. The van der Waals surface area contributed by atoms with Gasteiger partial charge in [0, 0.05) is 19.0 Å². The van der Waals surface area contributed by atoms with Crippen LogP contribution >= 0.6 is 15.9 Å². The molecule has 4 heteroatoms. The number of likely N-dealkylation sites (tertiary alicyclic amines) is 1. The molecule has 0 bridgehead atoms. The molecule has 1 aromatic rings. The minimum Gasteiger partial charge on any atom is -0.305 e. The number of hydrogen-bond acceptors (Lipinski definition) is 3. The van der Waals surface area contributed by atoms with Crippen LogP contribution in [0.2, 0.25) is 0 Å². The number of nitrogens with zero attached hydrogens (tertiary/aromatic N) is 3. The summed E-state index contributed by atoms with van der Waals surface area (Å²) in [6.07, 6.45) is 3.61. The predicted octanol–water partition coefficient (Wildman–Crippen LogP) is 1.27. The molecule has 1 aliphatic rings. The van der Waals surface area contributed by atoms with E-state index in [-0.39, 0.29) is 0 Å². The van der Waals surface area contributed by atoms with Crippen molar-refractivity contribution in [1.29, 1.82) is 0 Å². The first-order chi connectivity index (χ1) is 5.75. The molecule has 0 spiro atoms. The Morgan fingerprint density at radius 2 is 2.17 bits per heavy atom. The van der Waals surface area contributed by atoms with Gasteiger partial charge >= 0.3 is 0 Å². The van der Waals surface area contributed by atoms with E-state index in [1.807, 2.05) is 6.20 Å². The third kappa shape index (κ3) is 1.49. The molecule has 1 aliphatic heterocycles. The molecular formula is C8H10BrN3. The molecular weight excluding hydrogens is 218 g/mol. The lowest BCUT2D eigenvalue weighted by Crippen LogP contribution is -2.42. The second-order valence-corrected chi connectivity index (χ2v) is 3.99. The molecule has 0 saturated carbocycles. The van der Waals surface area contributed by atoms with E-state index in [1.54, 1.807) is 6.20 Å². The van der Waals surface area contributed by atoms with E-state index < -0.39 is 0 Å². The summed E-state index contributed by atoms with van der Waals surface area (Å²) in [5, 5.41) is 0. The maximum absolute atomic E-state index is 4.30. The van der Waals surface area contributed by atoms with Crippen LogP contribution in [0, 0.1) is 0 Å². The molecule has 1 fully saturated rings. The van der Waals surface area contributed by atoms with Gasteiger partial charge in [-0.05, 0) is 23.0 Å². The zero-order valence-electron chi connectivity index (χ0n) is 6.87. The first kappa shape index (κ1) is 8.13. The van der Waals surface area contributed by atoms with Crippen LogP contribution in [0.15, 0.2) is 17.0 Å². The lowest BCUT2D eigenvalue weighted by atomic mass is 9.98. The van der Waals surface area contributed by atoms with Crippen LogP contribution in [-0.4, -0.2) is 35.0 Å². The summed E-state index contributed by atoms with van der Waals surface area (Å²) < 4.78 is 0.805. The Balaban J connectivity index is 2.09. The van der Waals surface area contributed by atoms with Crippen LogP contribution < -0.4 is 0 Å². The summed E-state index contributed by atoms with van der Waals surface area (Å²) >= 11 is 3.26. The Kier molecular flexibility index (Phi) is 2.11. The highest BCUT2D eigenvalue weighted by Crippen LogP contribution is 2.23. The second kappa shape index (κ2) is 3.11. The van der Waals surface area contributed by atoms with Gasteiger partial charge in [0.05, 0.1) is 18.1 Å². The molecule has 0 aliphatic carbocycles. The number of hydrogen-bond donors (Lipinski definition) is 0. The molecule has 2 heterocycles. The van der Waals surface area contributed by atoms with Crippen molar-refractivity contribution in [2.75, 3.05) is 20.1 Å². The molecule has 64 valence electrons. The molecule has 0 aromatic carbocycles. The zero-order valence-corrected chi connectivity index (χ0v) is 8.45. The van der Waals surface area contributed by atoms with E-state index in [4.69, 9.17) is 0 Å². The highest BCUT2D eigenvalue weighted by molar-refractivity contribution is 9.10. The Labute approximate surface area is 80.0 Å². The summed E-state index contributed by atoms with van der Waals surface area (Å²) in [6, 6.07) is 0. The van der Waals surface area contributed by atoms with E-state index >= 15 is 0 Å². The fraction of sp³-hybridized carbons (Fsp3) is 0.500. The smallest absolute Gasteiger partial charge is 0.124 e. The van der Waals surface area contributed by atoms with Gasteiger partial charge in [0.15, 0.2) is 0 Å². The quantitative estimate of drug-likeness (QED) is 0.724. The van der Waals surface area contributed by atoms with E-state index in [0.717, 1.165) is 23.4 Å². The standard InChI is InChI=1S/C8H10BrN3/c1-12-4-6(5-12)7-2-11-8(9)3-10-7/h2-3,6H,4-5H2,1H3. The molecule has 1 saturated heterocycles. The summed E-state index contributed by atoms with van der Waals surface area (Å²) in [7, 11) is 2.11. The van der Waals surface area contributed by atoms with E-state index in [1.165, 1.54) is 0 Å². The first-order valence-corrected chi connectivity index (χ1v) is 4.71. The molecule has 2 rings (SSSR count). The minimum absolute atomic E-state index is 0.593. The van der Waals surface area contributed by atoms with Crippen molar-refractivity contribution < 1.29 is 0 Å². The predicted molar refractivity (Wildman–Crippen MR) is 50.0 cm³/mol. The summed E-state index contributed by atoms with van der Waals surface area (Å²) in [5.74, 6) is 0.593. The topological polar surface area (TPSA) is 29.0 Å². The van der Waals surface area contributed by atoms with Gasteiger partial charge in [-0.3, -0.25) is 4.98 Å². The minimum atomic E-state index is 0.593. The van der Waals surface area contributed by atoms with Crippen molar-refractivity contribution in [3.8, 4) is 0 Å². The Morgan fingerprint density at radius 3 is 2.67 bits per heavy atom. The normalized spacial score (nSPS) is 19.2. The fourth-order valence-corrected chi connectivity index (χ4v) is 1.62. The summed E-state index contributed by atoms with van der Waals surface area (Å²) in [5.41, 5.74) is 1.11. The van der Waals surface area contributed by atoms with Crippen molar-refractivity contribution >= 4 is 15.9 Å². The van der Waals surface area contributed by atoms with Crippen LogP contribution in [0.4, 0.5) is 0 Å². The van der Waals surface area contributed by atoms with Gasteiger partial charge in [-0.1, -0.05) is 0 Å². The van der Waals surface area contributed by atoms with E-state index in [9.17, 15) is 0 Å². The second-order valence-electron chi connectivity index (χ2n) is 3.18. The Hall–Kier alpha value is -0.480. The highest BCUT2D eigenvalue weighted by atomic mass is 79.9. The molecule has 0 unspecified atom stereocenters. The van der Waals surface area contributed by atoms with Crippen molar-refractivity contribution in [3.63, 3.8) is 0 Å². The largest absolute Gasteiger partial charge is 0.305 e. The van der Waals surface area contributed by atoms with Crippen molar-refractivity contribution in [1.82, 2.24) is 14.9 Å². The van der Waals surface area contributed by atoms with Crippen LogP contribution in [0.25, 0.3) is 0 Å². The monoisotopic (exact) mass is 227 g/mol. The van der Waals surface area contributed by atoms with Crippen LogP contribution in [0.5, 0.6) is 0 Å². The Morgan fingerprint density at radius 1 is 1.42 bits per heavy atom. The lowest BCUT2D eigenvalue weighted by molar-refractivity contribution is 0.186. The highest BCUT2D eigenvalue weighted by Gasteiger charge is 2.25. The van der Waals surface area contributed by atoms with Gasteiger partial charge in [0.1, 0.15) is 4.60 Å². The maximum atomic E-state index is 4.30. The molecule has 0 atom stereocenters. The van der Waals surface area contributed by atoms with E-state index in [0.29, 0.717) is 5.92 Å². The summed E-state index contributed by atoms with van der Waals surface area (Å²) in [6.45, 7) is 2.21. The van der Waals surface area contributed by atoms with Crippen molar-refractivity contribution in [2.45, 2.75) is 5.92 Å². The van der Waals surface area contributed by atoms with Crippen molar-refractivity contribution in [3.05, 3.63) is 22.7 Å². The van der Waals surface area contributed by atoms with Gasteiger partial charge in [-0.15, -0.1) is 0 Å². The van der Waals surface area contributed by atoms with Gasteiger partial charge in [-0.25, -0.2) is 4.98 Å². The van der Waals surface area contributed by atoms with Gasteiger partial charge < -0.3 is 4.90 Å². The molecule has 1 aromatic heterocycles. The molecule has 12 heavy (non-hydrogen) atoms. The van der Waals surface area contributed by atoms with E-state index in [2.05, 4.69) is 37.8 Å². The average Bonchev–Trinajstić information content (AvgIpc) is 2.01. The van der Waals surface area contributed by atoms with Gasteiger partial charge in [0.2, 0.25) is 0 Å². The van der Waals surface area contributed by atoms with Crippen molar-refractivity contribution in [2.24, 2.45) is 0 Å². The number of aromatic nitrogens is 2. The van der Waals surface area contributed by atoms with Gasteiger partial charge in [0.25, 0.3) is 0 Å². The Bertz CT molecular complexity index is 266. The average molecular weight is 228 g/mol. The van der Waals surface area contributed by atoms with Crippen LogP contribution in [0.1, 0.15) is 11.6 Å². The third-order valence-electron chi connectivity index (χ3n) is 2.12. The number of halogens is 1.